The molecule has 0 unspecified atom stereocenters. The maximum absolute atomic E-state index is 5.88. The Balaban J connectivity index is -0.00000000424. The predicted octanol–water partition coefficient (Wildman–Crippen LogP) is 16.9. The molecule has 0 fully saturated rings. The first-order valence-electron chi connectivity index (χ1n) is 16.4. The molecule has 0 heteroatoms. The summed E-state index contributed by atoms with van der Waals surface area (Å²) in [5.74, 6) is 0. The highest BCUT2D eigenvalue weighted by molar-refractivity contribution is 3.53. The van der Waals surface area contributed by atoms with Crippen LogP contribution in [-0.2, 0) is 0 Å². The first-order valence-corrected chi connectivity index (χ1v) is 13.0. The predicted molar refractivity (Wildman–Crippen MR) is 183 cm³/mol. The van der Waals surface area contributed by atoms with Crippen molar-refractivity contribution >= 4 is 0 Å². The van der Waals surface area contributed by atoms with Gasteiger partial charge in [0.15, 0.2) is 0 Å². The summed E-state index contributed by atoms with van der Waals surface area (Å²) < 4.78 is 31.8. The number of rotatable bonds is 0. The molecule has 0 saturated heterocycles. The minimum absolute atomic E-state index is 0. The van der Waals surface area contributed by atoms with Gasteiger partial charge in [0.25, 0.3) is 0 Å². The zero-order valence-electron chi connectivity index (χ0n) is 32.7. The number of hydrogen-bond acceptors (Lipinski definition) is 0. The van der Waals surface area contributed by atoms with Crippen LogP contribution < -0.4 is 0 Å². The third-order valence-corrected chi connectivity index (χ3v) is 0. The van der Waals surface area contributed by atoms with Crippen molar-refractivity contribution in [2.24, 2.45) is 0 Å². The van der Waals surface area contributed by atoms with Crippen LogP contribution in [0.15, 0.2) is 0 Å². The molecule has 0 aromatic heterocycles. The normalized spacial score (nSPS) is 3.80. The van der Waals surface area contributed by atoms with Gasteiger partial charge in [-0.1, -0.05) is 210 Å². The Morgan fingerprint density at radius 3 is 0.267 bits per heavy atom. The Bertz CT molecular complexity index is 28.2. The molecule has 30 heavy (non-hydrogen) atoms. The molecule has 0 atom stereocenters. The summed E-state index contributed by atoms with van der Waals surface area (Å²) in [5, 5.41) is 0. The van der Waals surface area contributed by atoms with Gasteiger partial charge in [-0.2, -0.15) is 0 Å². The summed E-state index contributed by atoms with van der Waals surface area (Å²) >= 11 is 0. The zero-order valence-corrected chi connectivity index (χ0v) is 26.7. The van der Waals surface area contributed by atoms with Crippen molar-refractivity contribution in [3.63, 3.8) is 0 Å². The van der Waals surface area contributed by atoms with E-state index >= 15 is 0 Å². The molecule has 0 radical (unpaired) electrons. The standard InChI is InChI=1S/13C2H6.4CH4.4H2/c13*1-2;;;;;;;;/h13*1-2H3;4*1H4;4*1H/i;;;;;;;;;;;;;1T2;;;;2*1+2T;2*1+2. The minimum Gasteiger partial charge on any atom is -0.0776 e. The molecule has 0 rings (SSSR count). The van der Waals surface area contributed by atoms with Gasteiger partial charge in [-0.15, -0.1) is 0 Å². The highest BCUT2D eigenvalue weighted by Crippen LogP contribution is 1.17. The third kappa shape index (κ3) is 0. The van der Waals surface area contributed by atoms with Crippen molar-refractivity contribution in [2.45, 2.75) is 210 Å². The van der Waals surface area contributed by atoms with Crippen LogP contribution in [0.1, 0.15) is 221 Å². The van der Waals surface area contributed by atoms with Gasteiger partial charge in [-0.05, 0) is 0 Å². The lowest BCUT2D eigenvalue weighted by Crippen LogP contribution is -0.856. The van der Waals surface area contributed by atoms with Crippen molar-refractivity contribution in [2.75, 3.05) is 0 Å². The lowest BCUT2D eigenvalue weighted by molar-refractivity contribution is 1.50. The Hall–Kier alpha value is 0. The van der Waals surface area contributed by atoms with Crippen molar-refractivity contribution in [3.8, 4) is 0 Å². The maximum atomic E-state index is 5.88. The van der Waals surface area contributed by atoms with Crippen molar-refractivity contribution in [1.82, 2.24) is 0 Å². The van der Waals surface area contributed by atoms with Gasteiger partial charge in [0, 0.05) is 11.5 Å². The fourth-order valence-electron chi connectivity index (χ4n) is 0. The molecule has 0 nitrogen and oxygen atoms in total. The van der Waals surface area contributed by atoms with E-state index in [0.29, 0.717) is 0 Å². The van der Waals surface area contributed by atoms with E-state index < -0.39 is 0 Å². The molecule has 222 valence electrons. The zero-order chi connectivity index (χ0) is 32.7. The first-order chi connectivity index (χ1) is 16.4. The average Bonchev–Trinajstić information content (AvgIpc) is 3.04. The van der Waals surface area contributed by atoms with Crippen LogP contribution in [0.2, 0.25) is 0 Å². The van der Waals surface area contributed by atoms with Gasteiger partial charge < -0.3 is 0 Å². The summed E-state index contributed by atoms with van der Waals surface area (Å²) in [7, 11) is -0.250. The molecule has 0 amide bonds. The van der Waals surface area contributed by atoms with Gasteiger partial charge in [0.2, 0.25) is 0 Å². The molecule has 0 saturated carbocycles. The first kappa shape index (κ1) is 87.3. The summed E-state index contributed by atoms with van der Waals surface area (Å²) in [4.78, 5) is 0. The summed E-state index contributed by atoms with van der Waals surface area (Å²) in [6, 6.07) is 0. The summed E-state index contributed by atoms with van der Waals surface area (Å²) in [6.07, 6.45) is 0. The van der Waals surface area contributed by atoms with E-state index in [1.807, 2.05) is 180 Å². The van der Waals surface area contributed by atoms with Crippen LogP contribution in [0.25, 0.3) is 0 Å². The van der Waals surface area contributed by atoms with Gasteiger partial charge >= 0.3 is 0 Å². The molecule has 0 aromatic rings. The molecule has 0 N–H and O–H groups in total. The lowest BCUT2D eigenvalue weighted by Gasteiger charge is -1.07. The van der Waals surface area contributed by atoms with Crippen LogP contribution >= 0.6 is 0 Å². The monoisotopic (exact) mass is 479 g/mol. The molecule has 0 heterocycles. The second-order valence-electron chi connectivity index (χ2n) is 0. The van der Waals surface area contributed by atoms with E-state index in [4.69, 9.17) is 8.68 Å². The smallest absolute Gasteiger partial charge is 0.0194 e. The quantitative estimate of drug-likeness (QED) is 0.324. The van der Waals surface area contributed by atoms with Crippen LogP contribution in [0.4, 0.5) is 0 Å². The Kier molecular flexibility index (Phi) is 0. The van der Waals surface area contributed by atoms with Gasteiger partial charge in [-0.25, -0.2) is 0 Å². The molecular weight excluding hydrogens is 360 g/mol. The second kappa shape index (κ2) is 0. The molecule has 0 spiro atoms. The molecule has 0 aromatic carbocycles. The van der Waals surface area contributed by atoms with Crippen LogP contribution in [-0.4, -0.2) is 0 Å². The molecule has 0 bridgehead atoms. The van der Waals surface area contributed by atoms with Crippen LogP contribution in [0.5, 0.6) is 0 Å². The van der Waals surface area contributed by atoms with E-state index in [1.54, 1.807) is 0 Å². The van der Waals surface area contributed by atoms with Gasteiger partial charge in [0.05, 0.1) is 0 Å². The molecule has 0 aliphatic heterocycles. The maximum Gasteiger partial charge on any atom is 0.0194 e. The van der Waals surface area contributed by atoms with E-state index in [2.05, 4.69) is 0 Å². The summed E-state index contributed by atoms with van der Waals surface area (Å²) in [5.41, 5.74) is 0. The summed E-state index contributed by atoms with van der Waals surface area (Å²) in [6.45, 7) is 52.0. The van der Waals surface area contributed by atoms with E-state index in [0.717, 1.165) is 0 Å². The average molecular weight is 479 g/mol. The van der Waals surface area contributed by atoms with Crippen LogP contribution in [0.3, 0.4) is 0 Å². The molecule has 0 aliphatic carbocycles. The number of hydrogen-bond donors (Lipinski definition) is 0. The lowest BCUT2D eigenvalue weighted by atomic mass is 11.0. The Morgan fingerprint density at radius 1 is 0.267 bits per heavy atom. The third-order valence-electron chi connectivity index (χ3n) is 0. The van der Waals surface area contributed by atoms with Crippen molar-refractivity contribution in [1.29, 1.82) is 0 Å². The van der Waals surface area contributed by atoms with Crippen molar-refractivity contribution in [3.05, 3.63) is 0 Å². The highest BCUT2D eigenvalue weighted by atomic mass is 13.0. The van der Waals surface area contributed by atoms with Crippen LogP contribution in [0, 0.1) is 0 Å². The minimum atomic E-state index is -0.250. The van der Waals surface area contributed by atoms with E-state index in [-0.39, 0.29) is 32.5 Å². The Labute approximate surface area is 221 Å². The molecular formula is C30H102. The topological polar surface area (TPSA) is 0 Å². The largest absolute Gasteiger partial charge is 0.0776 e. The Morgan fingerprint density at radius 2 is 0.267 bits per heavy atom. The van der Waals surface area contributed by atoms with E-state index in [9.17, 15) is 0 Å². The van der Waals surface area contributed by atoms with E-state index in [1.165, 1.54) is 0 Å². The fraction of sp³-hybridized carbons (Fsp3) is 1.00. The second-order valence-corrected chi connectivity index (χ2v) is 0. The highest BCUT2D eigenvalue weighted by Gasteiger charge is 0.956. The molecule has 0 aliphatic rings. The SMILES string of the molecule is C.C.C.CC.CC.CC.CC.CC.CC.CC.CC.CC.CC.CC.CC.CC.[3HH].[3HH].[3H]C[3H].[3H][3H].[3H][3H]. The van der Waals surface area contributed by atoms with Gasteiger partial charge in [0.1, 0.15) is 0 Å². The fourth-order valence-corrected chi connectivity index (χ4v) is 0. The van der Waals surface area contributed by atoms with Crippen molar-refractivity contribution < 1.29 is 11.5 Å². The van der Waals surface area contributed by atoms with Gasteiger partial charge in [-0.3, -0.25) is 0 Å².